The summed E-state index contributed by atoms with van der Waals surface area (Å²) in [6.45, 7) is 3.72. The summed E-state index contributed by atoms with van der Waals surface area (Å²) >= 11 is 0. The molecule has 2 N–H and O–H groups in total. The Hall–Kier alpha value is -2.12. The van der Waals surface area contributed by atoms with Crippen LogP contribution in [0.1, 0.15) is 30.4 Å². The summed E-state index contributed by atoms with van der Waals surface area (Å²) in [7, 11) is 0. The lowest BCUT2D eigenvalue weighted by Gasteiger charge is -2.23. The fourth-order valence-corrected chi connectivity index (χ4v) is 3.57. The molecule has 4 nitrogen and oxygen atoms in total. The van der Waals surface area contributed by atoms with Crippen molar-refractivity contribution in [2.24, 2.45) is 5.92 Å². The molecule has 22 heavy (non-hydrogen) atoms. The standard InChI is InChI=1S/C18H21N3O/c1-2-12-3-5-13(6-4-12)9-16(11-19)21-18(22)17-14-7-8-15(10-14)20-17/h2-6,14-17,20H,1,7-10H2,(H,21,22)/t14?,15-,16+,17+/m1/s1. The maximum atomic E-state index is 12.4. The van der Waals surface area contributed by atoms with Crippen LogP contribution in [-0.2, 0) is 11.2 Å². The van der Waals surface area contributed by atoms with Gasteiger partial charge in [0.2, 0.25) is 5.91 Å². The van der Waals surface area contributed by atoms with E-state index in [0.29, 0.717) is 18.4 Å². The van der Waals surface area contributed by atoms with E-state index in [4.69, 9.17) is 0 Å². The predicted octanol–water partition coefficient (Wildman–Crippen LogP) is 2.02. The van der Waals surface area contributed by atoms with Gasteiger partial charge in [0, 0.05) is 12.5 Å². The topological polar surface area (TPSA) is 64.9 Å². The van der Waals surface area contributed by atoms with Crippen molar-refractivity contribution >= 4 is 12.0 Å². The normalized spacial score (nSPS) is 27.1. The second-order valence-electron chi connectivity index (χ2n) is 6.25. The van der Waals surface area contributed by atoms with Gasteiger partial charge in [0.1, 0.15) is 6.04 Å². The van der Waals surface area contributed by atoms with Crippen molar-refractivity contribution in [1.29, 1.82) is 5.26 Å². The molecule has 0 spiro atoms. The molecule has 4 heteroatoms. The van der Waals surface area contributed by atoms with E-state index in [1.54, 1.807) is 6.08 Å². The Bertz CT molecular complexity index is 602. The number of hydrogen-bond acceptors (Lipinski definition) is 3. The van der Waals surface area contributed by atoms with Gasteiger partial charge >= 0.3 is 0 Å². The van der Waals surface area contributed by atoms with Crippen LogP contribution in [0.3, 0.4) is 0 Å². The first-order valence-electron chi connectivity index (χ1n) is 7.87. The van der Waals surface area contributed by atoms with E-state index >= 15 is 0 Å². The molecule has 1 saturated carbocycles. The first-order chi connectivity index (χ1) is 10.7. The highest BCUT2D eigenvalue weighted by Gasteiger charge is 2.42. The lowest BCUT2D eigenvalue weighted by molar-refractivity contribution is -0.124. The summed E-state index contributed by atoms with van der Waals surface area (Å²) in [5, 5.41) is 15.6. The third-order valence-corrected chi connectivity index (χ3v) is 4.77. The molecule has 1 aromatic rings. The summed E-state index contributed by atoms with van der Waals surface area (Å²) in [6, 6.07) is 9.98. The highest BCUT2D eigenvalue weighted by molar-refractivity contribution is 5.83. The van der Waals surface area contributed by atoms with E-state index in [1.165, 1.54) is 6.42 Å². The number of amides is 1. The summed E-state index contributed by atoms with van der Waals surface area (Å²) in [5.74, 6) is 0.415. The number of carbonyl (C=O) groups excluding carboxylic acids is 1. The van der Waals surface area contributed by atoms with Gasteiger partial charge in [0.15, 0.2) is 0 Å². The van der Waals surface area contributed by atoms with Crippen LogP contribution in [0.5, 0.6) is 0 Å². The van der Waals surface area contributed by atoms with Crippen LogP contribution in [0, 0.1) is 17.2 Å². The zero-order valence-electron chi connectivity index (χ0n) is 12.6. The first-order valence-corrected chi connectivity index (χ1v) is 7.87. The molecule has 1 heterocycles. The number of nitrogens with zero attached hydrogens (tertiary/aromatic N) is 1. The number of piperidine rings is 1. The van der Waals surface area contributed by atoms with Crippen LogP contribution in [0.25, 0.3) is 6.08 Å². The second-order valence-corrected chi connectivity index (χ2v) is 6.25. The van der Waals surface area contributed by atoms with Crippen LogP contribution < -0.4 is 10.6 Å². The average Bonchev–Trinajstić information content (AvgIpc) is 3.18. The lowest BCUT2D eigenvalue weighted by Crippen LogP contribution is -2.50. The molecule has 1 aliphatic carbocycles. The molecule has 2 bridgehead atoms. The number of nitriles is 1. The minimum atomic E-state index is -0.483. The Kier molecular flexibility index (Phi) is 4.26. The smallest absolute Gasteiger partial charge is 0.238 e. The van der Waals surface area contributed by atoms with Gasteiger partial charge in [-0.15, -0.1) is 0 Å². The lowest BCUT2D eigenvalue weighted by atomic mass is 9.98. The SMILES string of the molecule is C=Cc1ccc(C[C@@H](C#N)NC(=O)[C@H]2N[C@@H]3CCC2C3)cc1. The molecule has 114 valence electrons. The number of rotatable bonds is 5. The average molecular weight is 295 g/mol. The van der Waals surface area contributed by atoms with Crippen molar-refractivity contribution in [2.75, 3.05) is 0 Å². The van der Waals surface area contributed by atoms with Crippen molar-refractivity contribution < 1.29 is 4.79 Å². The molecule has 0 radical (unpaired) electrons. The maximum Gasteiger partial charge on any atom is 0.238 e. The van der Waals surface area contributed by atoms with E-state index < -0.39 is 6.04 Å². The van der Waals surface area contributed by atoms with E-state index in [2.05, 4.69) is 23.3 Å². The van der Waals surface area contributed by atoms with Gasteiger partial charge in [-0.3, -0.25) is 4.79 Å². The van der Waals surface area contributed by atoms with Gasteiger partial charge in [0.05, 0.1) is 12.1 Å². The van der Waals surface area contributed by atoms with Crippen LogP contribution in [-0.4, -0.2) is 24.0 Å². The molecule has 2 aliphatic rings. The van der Waals surface area contributed by atoms with E-state index in [-0.39, 0.29) is 11.9 Å². The highest BCUT2D eigenvalue weighted by Crippen LogP contribution is 2.35. The van der Waals surface area contributed by atoms with Gasteiger partial charge in [-0.05, 0) is 36.3 Å². The van der Waals surface area contributed by atoms with E-state index in [9.17, 15) is 10.1 Å². The Morgan fingerprint density at radius 2 is 2.23 bits per heavy atom. The summed E-state index contributed by atoms with van der Waals surface area (Å²) < 4.78 is 0. The molecule has 0 aromatic heterocycles. The van der Waals surface area contributed by atoms with E-state index in [1.807, 2.05) is 24.3 Å². The molecule has 1 aromatic carbocycles. The summed E-state index contributed by atoms with van der Waals surface area (Å²) in [5.41, 5.74) is 2.09. The molecule has 3 rings (SSSR count). The van der Waals surface area contributed by atoms with Gasteiger partial charge in [-0.2, -0.15) is 5.26 Å². The van der Waals surface area contributed by atoms with Gasteiger partial charge in [0.25, 0.3) is 0 Å². The fourth-order valence-electron chi connectivity index (χ4n) is 3.57. The predicted molar refractivity (Wildman–Crippen MR) is 85.8 cm³/mol. The Morgan fingerprint density at radius 3 is 2.77 bits per heavy atom. The minimum absolute atomic E-state index is 0.0264. The van der Waals surface area contributed by atoms with Crippen molar-refractivity contribution in [3.63, 3.8) is 0 Å². The van der Waals surface area contributed by atoms with E-state index in [0.717, 1.165) is 24.0 Å². The number of hydrogen-bond donors (Lipinski definition) is 2. The molecular weight excluding hydrogens is 274 g/mol. The molecule has 1 unspecified atom stereocenters. The van der Waals surface area contributed by atoms with Crippen molar-refractivity contribution in [3.8, 4) is 6.07 Å². The van der Waals surface area contributed by atoms with Gasteiger partial charge in [-0.25, -0.2) is 0 Å². The van der Waals surface area contributed by atoms with Crippen molar-refractivity contribution in [2.45, 2.75) is 43.8 Å². The summed E-state index contributed by atoms with van der Waals surface area (Å²) in [6.07, 6.45) is 5.70. The zero-order valence-corrected chi connectivity index (χ0v) is 12.6. The number of nitrogens with one attached hydrogen (secondary N) is 2. The van der Waals surface area contributed by atoms with Crippen molar-refractivity contribution in [3.05, 3.63) is 42.0 Å². The fraction of sp³-hybridized carbons (Fsp3) is 0.444. The summed E-state index contributed by atoms with van der Waals surface area (Å²) in [4.78, 5) is 12.4. The largest absolute Gasteiger partial charge is 0.339 e. The van der Waals surface area contributed by atoms with Crippen LogP contribution in [0.15, 0.2) is 30.8 Å². The number of benzene rings is 1. The molecule has 2 fully saturated rings. The minimum Gasteiger partial charge on any atom is -0.339 e. The molecule has 1 aliphatic heterocycles. The first kappa shape index (κ1) is 14.8. The zero-order chi connectivity index (χ0) is 15.5. The quantitative estimate of drug-likeness (QED) is 0.873. The molecular formula is C18H21N3O. The highest BCUT2D eigenvalue weighted by atomic mass is 16.2. The maximum absolute atomic E-state index is 12.4. The Morgan fingerprint density at radius 1 is 1.45 bits per heavy atom. The second kappa shape index (κ2) is 6.33. The van der Waals surface area contributed by atoms with Gasteiger partial charge in [-0.1, -0.05) is 36.9 Å². The van der Waals surface area contributed by atoms with Gasteiger partial charge < -0.3 is 10.6 Å². The third-order valence-electron chi connectivity index (χ3n) is 4.77. The third kappa shape index (κ3) is 3.05. The van der Waals surface area contributed by atoms with Crippen LogP contribution >= 0.6 is 0 Å². The number of carbonyl (C=O) groups is 1. The van der Waals surface area contributed by atoms with Crippen LogP contribution in [0.2, 0.25) is 0 Å². The van der Waals surface area contributed by atoms with Crippen molar-refractivity contribution in [1.82, 2.24) is 10.6 Å². The Labute approximate surface area is 131 Å². The monoisotopic (exact) mass is 295 g/mol. The number of fused-ring (bicyclic) bond motifs is 2. The molecule has 4 atom stereocenters. The Balaban J connectivity index is 1.58. The molecule has 1 amide bonds. The molecule has 1 saturated heterocycles. The van der Waals surface area contributed by atoms with Crippen LogP contribution in [0.4, 0.5) is 0 Å².